The average molecular weight is 90.1 g/mol. The molecule has 0 aliphatic carbocycles. The molecule has 0 fully saturated rings. The normalized spacial score (nSPS) is 9.00. The maximum Gasteiger partial charge on any atom is 0.0971 e. The van der Waals surface area contributed by atoms with Crippen molar-refractivity contribution in [3.63, 3.8) is 0 Å². The van der Waals surface area contributed by atoms with Gasteiger partial charge in [0.25, 0.3) is 0 Å². The zero-order chi connectivity index (χ0) is 4.83. The van der Waals surface area contributed by atoms with E-state index in [2.05, 4.69) is 10.1 Å². The van der Waals surface area contributed by atoms with Crippen LogP contribution in [0.5, 0.6) is 0 Å². The Morgan fingerprint density at radius 3 is 2.67 bits per heavy atom. The van der Waals surface area contributed by atoms with Gasteiger partial charge in [0.05, 0.1) is 6.73 Å². The van der Waals surface area contributed by atoms with Gasteiger partial charge in [-0.15, -0.1) is 0 Å². The predicted molar refractivity (Wildman–Crippen MR) is 24.1 cm³/mol. The fraction of sp³-hybridized carbons (Fsp3) is 1.00. The maximum atomic E-state index is 5.02. The minimum absolute atomic E-state index is 0.480. The minimum Gasteiger partial charge on any atom is -0.370 e. The number of rotatable bonds is 3. The van der Waals surface area contributed by atoms with E-state index in [1.807, 2.05) is 0 Å². The van der Waals surface area contributed by atoms with Crippen LogP contribution in [0, 0.1) is 0 Å². The van der Waals surface area contributed by atoms with Crippen molar-refractivity contribution in [2.75, 3.05) is 20.5 Å². The molecule has 0 aromatic carbocycles. The first-order valence-corrected chi connectivity index (χ1v) is 1.81. The standard InChI is InChI=1S/C3H10N2O/c1-6-3-5-2-4/h5H,2-4H2,1H3. The van der Waals surface area contributed by atoms with Gasteiger partial charge in [0.15, 0.2) is 0 Å². The predicted octanol–water partition coefficient (Wildman–Crippen LogP) is -0.904. The largest absolute Gasteiger partial charge is 0.370 e. The van der Waals surface area contributed by atoms with Gasteiger partial charge in [0.2, 0.25) is 0 Å². The highest BCUT2D eigenvalue weighted by atomic mass is 16.5. The van der Waals surface area contributed by atoms with Gasteiger partial charge in [-0.2, -0.15) is 0 Å². The van der Waals surface area contributed by atoms with Crippen molar-refractivity contribution in [3.05, 3.63) is 0 Å². The van der Waals surface area contributed by atoms with E-state index in [9.17, 15) is 0 Å². The fourth-order valence-electron chi connectivity index (χ4n) is 0.161. The molecule has 6 heavy (non-hydrogen) atoms. The molecule has 0 bridgehead atoms. The maximum absolute atomic E-state index is 5.02. The molecule has 0 aromatic heterocycles. The molecule has 0 radical (unpaired) electrons. The lowest BCUT2D eigenvalue weighted by atomic mass is 11.0. The third kappa shape index (κ3) is 3.88. The molecule has 3 N–H and O–H groups in total. The first-order valence-electron chi connectivity index (χ1n) is 1.81. The van der Waals surface area contributed by atoms with E-state index in [0.717, 1.165) is 0 Å². The summed E-state index contributed by atoms with van der Waals surface area (Å²) in [7, 11) is 1.61. The number of nitrogens with one attached hydrogen (secondary N) is 1. The smallest absolute Gasteiger partial charge is 0.0971 e. The van der Waals surface area contributed by atoms with Crippen LogP contribution >= 0.6 is 0 Å². The second-order valence-electron chi connectivity index (χ2n) is 0.887. The topological polar surface area (TPSA) is 47.3 Å². The molecule has 0 saturated heterocycles. The second kappa shape index (κ2) is 4.88. The van der Waals surface area contributed by atoms with Gasteiger partial charge in [-0.25, -0.2) is 0 Å². The monoisotopic (exact) mass is 90.1 g/mol. The van der Waals surface area contributed by atoms with E-state index in [4.69, 9.17) is 5.73 Å². The molecule has 3 nitrogen and oxygen atoms in total. The molecule has 0 spiro atoms. The van der Waals surface area contributed by atoms with Gasteiger partial charge in [-0.05, 0) is 0 Å². The van der Waals surface area contributed by atoms with E-state index >= 15 is 0 Å². The second-order valence-corrected chi connectivity index (χ2v) is 0.887. The van der Waals surface area contributed by atoms with E-state index in [1.54, 1.807) is 7.11 Å². The van der Waals surface area contributed by atoms with Gasteiger partial charge in [0, 0.05) is 13.8 Å². The molecule has 0 atom stereocenters. The third-order valence-corrected chi connectivity index (χ3v) is 0.391. The molecule has 0 unspecified atom stereocenters. The Labute approximate surface area is 37.5 Å². The average Bonchev–Trinajstić information content (AvgIpc) is 1.61. The molecule has 0 rings (SSSR count). The Balaban J connectivity index is 2.34. The summed E-state index contributed by atoms with van der Waals surface area (Å²) in [5.41, 5.74) is 5.02. The summed E-state index contributed by atoms with van der Waals surface area (Å²) < 4.78 is 4.59. The quantitative estimate of drug-likeness (QED) is 0.348. The molecule has 0 aliphatic heterocycles. The van der Waals surface area contributed by atoms with Crippen LogP contribution in [0.25, 0.3) is 0 Å². The SMILES string of the molecule is COCNCN. The van der Waals surface area contributed by atoms with Crippen LogP contribution in [-0.2, 0) is 4.74 Å². The summed E-state index contributed by atoms with van der Waals surface area (Å²) in [6.45, 7) is 1.02. The van der Waals surface area contributed by atoms with Crippen molar-refractivity contribution in [2.45, 2.75) is 0 Å². The number of nitrogens with two attached hydrogens (primary N) is 1. The summed E-state index contributed by atoms with van der Waals surface area (Å²) >= 11 is 0. The van der Waals surface area contributed by atoms with Crippen LogP contribution in [0.3, 0.4) is 0 Å². The molecule has 3 heteroatoms. The van der Waals surface area contributed by atoms with Gasteiger partial charge in [0.1, 0.15) is 0 Å². The zero-order valence-corrected chi connectivity index (χ0v) is 3.90. The van der Waals surface area contributed by atoms with Gasteiger partial charge in [-0.3, -0.25) is 5.32 Å². The molecule has 0 saturated carbocycles. The third-order valence-electron chi connectivity index (χ3n) is 0.391. The fourth-order valence-corrected chi connectivity index (χ4v) is 0.161. The van der Waals surface area contributed by atoms with E-state index in [-0.39, 0.29) is 0 Å². The number of methoxy groups -OCH3 is 1. The van der Waals surface area contributed by atoms with Crippen molar-refractivity contribution in [2.24, 2.45) is 5.73 Å². The van der Waals surface area contributed by atoms with Crippen LogP contribution in [-0.4, -0.2) is 20.5 Å². The summed E-state index contributed by atoms with van der Waals surface area (Å²) in [5, 5.41) is 2.75. The first kappa shape index (κ1) is 5.88. The Hall–Kier alpha value is -0.120. The molecule has 38 valence electrons. The number of hydrogen-bond donors (Lipinski definition) is 2. The van der Waals surface area contributed by atoms with Crippen molar-refractivity contribution in [3.8, 4) is 0 Å². The zero-order valence-electron chi connectivity index (χ0n) is 3.90. The molecule has 0 aromatic rings. The van der Waals surface area contributed by atoms with Gasteiger partial charge < -0.3 is 10.5 Å². The summed E-state index contributed by atoms with van der Waals surface area (Å²) in [4.78, 5) is 0. The lowest BCUT2D eigenvalue weighted by molar-refractivity contribution is 0.176. The highest BCUT2D eigenvalue weighted by Crippen LogP contribution is 1.50. The van der Waals surface area contributed by atoms with Gasteiger partial charge in [-0.1, -0.05) is 0 Å². The Kier molecular flexibility index (Phi) is 4.78. The van der Waals surface area contributed by atoms with Crippen LogP contribution in [0.4, 0.5) is 0 Å². The Bertz CT molecular complexity index is 20.8. The van der Waals surface area contributed by atoms with Crippen molar-refractivity contribution in [1.82, 2.24) is 5.32 Å². The van der Waals surface area contributed by atoms with Crippen molar-refractivity contribution >= 4 is 0 Å². The van der Waals surface area contributed by atoms with E-state index < -0.39 is 0 Å². The summed E-state index contributed by atoms with van der Waals surface area (Å²) in [6.07, 6.45) is 0. The van der Waals surface area contributed by atoms with Crippen LogP contribution in [0.2, 0.25) is 0 Å². The highest BCUT2D eigenvalue weighted by molar-refractivity contribution is 4.21. The Morgan fingerprint density at radius 2 is 2.50 bits per heavy atom. The van der Waals surface area contributed by atoms with Crippen LogP contribution < -0.4 is 11.1 Å². The molecular formula is C3H10N2O. The highest BCUT2D eigenvalue weighted by Gasteiger charge is 1.69. The van der Waals surface area contributed by atoms with Crippen LogP contribution in [0.15, 0.2) is 0 Å². The number of hydrogen-bond acceptors (Lipinski definition) is 3. The summed E-state index contributed by atoms with van der Waals surface area (Å²) in [6, 6.07) is 0. The number of ether oxygens (including phenoxy) is 1. The van der Waals surface area contributed by atoms with Gasteiger partial charge >= 0.3 is 0 Å². The van der Waals surface area contributed by atoms with Crippen LogP contribution in [0.1, 0.15) is 0 Å². The minimum atomic E-state index is 0.480. The Morgan fingerprint density at radius 1 is 1.83 bits per heavy atom. The summed E-state index contributed by atoms with van der Waals surface area (Å²) in [5.74, 6) is 0. The lowest BCUT2D eigenvalue weighted by Gasteiger charge is -1.93. The van der Waals surface area contributed by atoms with E-state index in [0.29, 0.717) is 13.4 Å². The van der Waals surface area contributed by atoms with E-state index in [1.165, 1.54) is 0 Å². The van der Waals surface area contributed by atoms with Crippen molar-refractivity contribution < 1.29 is 4.74 Å². The molecule has 0 amide bonds. The molecule has 0 heterocycles. The molecular weight excluding hydrogens is 80.0 g/mol. The molecule has 0 aliphatic rings. The van der Waals surface area contributed by atoms with Crippen molar-refractivity contribution in [1.29, 1.82) is 0 Å². The first-order chi connectivity index (χ1) is 2.91. The lowest BCUT2D eigenvalue weighted by Crippen LogP contribution is -2.23.